The molecule has 0 aromatic carbocycles. The number of likely N-dealkylation sites (N-methyl/N-ethyl adjacent to an activating group) is 1. The standard InChI is InChI=1S/C26H25N9/c1-2-28-14-17-13-16(3-4-18(17)27)19-5-6-21-24(31-19)25(35-34-21)26-32-20-9-12-30-22(23(20)33-26)15-7-10-29-11-8-15/h3,5-13,18,28H,2,4,14,27H2,1H3,(H,32,33)(H,34,35). The molecule has 0 aliphatic heterocycles. The molecule has 5 aromatic rings. The lowest BCUT2D eigenvalue weighted by molar-refractivity contribution is 0.689. The molecule has 0 radical (unpaired) electrons. The minimum atomic E-state index is 0.0322. The van der Waals surface area contributed by atoms with Gasteiger partial charge in [0.15, 0.2) is 11.5 Å². The maximum atomic E-state index is 6.32. The zero-order valence-corrected chi connectivity index (χ0v) is 19.3. The van der Waals surface area contributed by atoms with Gasteiger partial charge in [-0.05, 0) is 54.4 Å². The molecule has 0 fully saturated rings. The fraction of sp³-hybridized carbons (Fsp3) is 0.192. The highest BCUT2D eigenvalue weighted by molar-refractivity contribution is 5.95. The molecule has 6 rings (SSSR count). The van der Waals surface area contributed by atoms with Gasteiger partial charge in [0.2, 0.25) is 0 Å². The van der Waals surface area contributed by atoms with E-state index in [2.05, 4.69) is 49.5 Å². The lowest BCUT2D eigenvalue weighted by atomic mass is 9.93. The minimum Gasteiger partial charge on any atom is -0.336 e. The Balaban J connectivity index is 1.41. The van der Waals surface area contributed by atoms with E-state index in [1.807, 2.05) is 30.3 Å². The highest BCUT2D eigenvalue weighted by Crippen LogP contribution is 2.31. The van der Waals surface area contributed by atoms with E-state index < -0.39 is 0 Å². The summed E-state index contributed by atoms with van der Waals surface area (Å²) in [6, 6.07) is 9.82. The normalized spacial score (nSPS) is 16.0. The Kier molecular flexibility index (Phi) is 5.40. The molecule has 0 saturated heterocycles. The summed E-state index contributed by atoms with van der Waals surface area (Å²) in [7, 11) is 0. The number of rotatable bonds is 6. The summed E-state index contributed by atoms with van der Waals surface area (Å²) < 4.78 is 0. The molecule has 0 spiro atoms. The number of fused-ring (bicyclic) bond motifs is 2. The Morgan fingerprint density at radius 1 is 1.00 bits per heavy atom. The highest BCUT2D eigenvalue weighted by Gasteiger charge is 2.19. The monoisotopic (exact) mass is 463 g/mol. The van der Waals surface area contributed by atoms with Crippen molar-refractivity contribution in [2.24, 2.45) is 5.73 Å². The van der Waals surface area contributed by atoms with Crippen LogP contribution in [0.25, 0.3) is 50.4 Å². The molecule has 0 amide bonds. The van der Waals surface area contributed by atoms with Crippen molar-refractivity contribution >= 4 is 27.6 Å². The minimum absolute atomic E-state index is 0.0322. The molecule has 5 heterocycles. The molecule has 1 aliphatic carbocycles. The number of hydrogen-bond donors (Lipinski definition) is 4. The summed E-state index contributed by atoms with van der Waals surface area (Å²) in [5.41, 5.74) is 15.2. The molecule has 1 atom stereocenters. The van der Waals surface area contributed by atoms with Crippen LogP contribution in [0.2, 0.25) is 0 Å². The average molecular weight is 464 g/mol. The first kappa shape index (κ1) is 21.3. The first-order valence-corrected chi connectivity index (χ1v) is 11.7. The van der Waals surface area contributed by atoms with Crippen molar-refractivity contribution in [3.8, 4) is 22.8 Å². The van der Waals surface area contributed by atoms with E-state index in [-0.39, 0.29) is 6.04 Å². The van der Waals surface area contributed by atoms with Crippen LogP contribution in [0.3, 0.4) is 0 Å². The van der Waals surface area contributed by atoms with Gasteiger partial charge >= 0.3 is 0 Å². The molecule has 9 heteroatoms. The molecule has 35 heavy (non-hydrogen) atoms. The number of aromatic nitrogens is 7. The first-order chi connectivity index (χ1) is 17.2. The van der Waals surface area contributed by atoms with E-state index in [1.54, 1.807) is 18.6 Å². The fourth-order valence-corrected chi connectivity index (χ4v) is 4.39. The third kappa shape index (κ3) is 3.90. The number of imidazole rings is 1. The Labute approximate surface area is 201 Å². The van der Waals surface area contributed by atoms with Gasteiger partial charge in [-0.25, -0.2) is 9.97 Å². The quantitative estimate of drug-likeness (QED) is 0.302. The largest absolute Gasteiger partial charge is 0.336 e. The molecule has 5 aromatic heterocycles. The van der Waals surface area contributed by atoms with Gasteiger partial charge < -0.3 is 16.0 Å². The number of hydrogen-bond acceptors (Lipinski definition) is 7. The van der Waals surface area contributed by atoms with Crippen molar-refractivity contribution in [1.29, 1.82) is 0 Å². The van der Waals surface area contributed by atoms with Gasteiger partial charge in [-0.1, -0.05) is 19.1 Å². The van der Waals surface area contributed by atoms with Crippen molar-refractivity contribution in [1.82, 2.24) is 40.4 Å². The first-order valence-electron chi connectivity index (χ1n) is 11.7. The van der Waals surface area contributed by atoms with Crippen LogP contribution in [0.15, 0.2) is 66.6 Å². The molecule has 5 N–H and O–H groups in total. The third-order valence-electron chi connectivity index (χ3n) is 6.27. The summed E-state index contributed by atoms with van der Waals surface area (Å²) in [5.74, 6) is 0.641. The van der Waals surface area contributed by atoms with Gasteiger partial charge in [0.25, 0.3) is 0 Å². The topological polar surface area (TPSA) is 134 Å². The summed E-state index contributed by atoms with van der Waals surface area (Å²) in [4.78, 5) is 21.9. The number of nitrogens with one attached hydrogen (secondary N) is 3. The number of allylic oxidation sites excluding steroid dienone is 2. The maximum absolute atomic E-state index is 6.32. The van der Waals surface area contributed by atoms with Gasteiger partial charge in [0.05, 0.1) is 22.4 Å². The van der Waals surface area contributed by atoms with Crippen LogP contribution in [-0.2, 0) is 0 Å². The van der Waals surface area contributed by atoms with Gasteiger partial charge in [-0.3, -0.25) is 15.1 Å². The molecule has 0 saturated carbocycles. The van der Waals surface area contributed by atoms with Crippen LogP contribution in [0.4, 0.5) is 0 Å². The van der Waals surface area contributed by atoms with Gasteiger partial charge in [-0.2, -0.15) is 5.10 Å². The van der Waals surface area contributed by atoms with Crippen molar-refractivity contribution in [2.75, 3.05) is 13.1 Å². The number of nitrogens with zero attached hydrogens (tertiary/aromatic N) is 5. The van der Waals surface area contributed by atoms with E-state index in [9.17, 15) is 0 Å². The molecule has 0 bridgehead atoms. The molecule has 9 nitrogen and oxygen atoms in total. The van der Waals surface area contributed by atoms with Crippen LogP contribution in [0, 0.1) is 0 Å². The molecule has 1 unspecified atom stereocenters. The van der Waals surface area contributed by atoms with E-state index in [0.717, 1.165) is 64.1 Å². The van der Waals surface area contributed by atoms with E-state index >= 15 is 0 Å². The second kappa shape index (κ2) is 8.86. The van der Waals surface area contributed by atoms with E-state index in [4.69, 9.17) is 15.7 Å². The van der Waals surface area contributed by atoms with Gasteiger partial charge in [0, 0.05) is 36.7 Å². The Morgan fingerprint density at radius 2 is 1.86 bits per heavy atom. The van der Waals surface area contributed by atoms with Crippen LogP contribution in [0.5, 0.6) is 0 Å². The van der Waals surface area contributed by atoms with Crippen LogP contribution >= 0.6 is 0 Å². The average Bonchev–Trinajstić information content (AvgIpc) is 3.52. The highest BCUT2D eigenvalue weighted by atomic mass is 15.2. The third-order valence-corrected chi connectivity index (χ3v) is 6.27. The van der Waals surface area contributed by atoms with Crippen molar-refractivity contribution in [3.05, 3.63) is 72.3 Å². The van der Waals surface area contributed by atoms with Crippen molar-refractivity contribution < 1.29 is 0 Å². The second-order valence-electron chi connectivity index (χ2n) is 8.54. The molecular formula is C26H25N9. The Bertz CT molecular complexity index is 1580. The molecular weight excluding hydrogens is 438 g/mol. The predicted octanol–water partition coefficient (Wildman–Crippen LogP) is 3.61. The van der Waals surface area contributed by atoms with E-state index in [1.165, 1.54) is 5.57 Å². The summed E-state index contributed by atoms with van der Waals surface area (Å²) in [6.45, 7) is 3.78. The zero-order chi connectivity index (χ0) is 23.8. The predicted molar refractivity (Wildman–Crippen MR) is 137 cm³/mol. The van der Waals surface area contributed by atoms with Gasteiger partial charge in [0.1, 0.15) is 11.0 Å². The Morgan fingerprint density at radius 3 is 2.71 bits per heavy atom. The van der Waals surface area contributed by atoms with Crippen LogP contribution in [0.1, 0.15) is 19.0 Å². The summed E-state index contributed by atoms with van der Waals surface area (Å²) >= 11 is 0. The Hall–Kier alpha value is -4.21. The zero-order valence-electron chi connectivity index (χ0n) is 19.3. The van der Waals surface area contributed by atoms with Crippen LogP contribution < -0.4 is 11.1 Å². The number of nitrogens with two attached hydrogens (primary N) is 1. The second-order valence-corrected chi connectivity index (χ2v) is 8.54. The molecule has 1 aliphatic rings. The fourth-order valence-electron chi connectivity index (χ4n) is 4.39. The summed E-state index contributed by atoms with van der Waals surface area (Å²) in [6.07, 6.45) is 10.4. The number of H-pyrrole nitrogens is 2. The van der Waals surface area contributed by atoms with Gasteiger partial charge in [-0.15, -0.1) is 0 Å². The van der Waals surface area contributed by atoms with Crippen LogP contribution in [-0.4, -0.2) is 54.2 Å². The molecule has 174 valence electrons. The lowest BCUT2D eigenvalue weighted by Gasteiger charge is -2.20. The number of aromatic amines is 2. The van der Waals surface area contributed by atoms with Crippen molar-refractivity contribution in [3.63, 3.8) is 0 Å². The maximum Gasteiger partial charge on any atom is 0.161 e. The van der Waals surface area contributed by atoms with E-state index in [0.29, 0.717) is 11.5 Å². The number of pyridine rings is 3. The SMILES string of the molecule is CCNCC1=CC(c2ccc3[nH]nc(-c4nc5c(-c6ccncc6)nccc5[nH]4)c3n2)=CCC1N. The summed E-state index contributed by atoms with van der Waals surface area (Å²) in [5, 5.41) is 11.0. The lowest BCUT2D eigenvalue weighted by Crippen LogP contribution is -2.30. The smallest absolute Gasteiger partial charge is 0.161 e. The van der Waals surface area contributed by atoms with Crippen molar-refractivity contribution in [2.45, 2.75) is 19.4 Å².